The van der Waals surface area contributed by atoms with Gasteiger partial charge in [-0.15, -0.1) is 0 Å². The maximum atomic E-state index is 11.0. The van der Waals surface area contributed by atoms with Gasteiger partial charge in [-0.25, -0.2) is 0 Å². The number of rotatable bonds is 2. The molecule has 0 aromatic heterocycles. The third kappa shape index (κ3) is 2.08. The molecule has 2 rings (SSSR count). The van der Waals surface area contributed by atoms with Gasteiger partial charge in [0.15, 0.2) is 6.04 Å². The van der Waals surface area contributed by atoms with E-state index in [4.69, 9.17) is 11.6 Å². The molecule has 0 aliphatic carbocycles. The van der Waals surface area contributed by atoms with Gasteiger partial charge >= 0.3 is 0 Å². The monoisotopic (exact) mass is 310 g/mol. The second-order valence-electron chi connectivity index (χ2n) is 2.68. The predicted octanol–water partition coefficient (Wildman–Crippen LogP) is -1.75. The van der Waals surface area contributed by atoms with Crippen LogP contribution in [-0.2, 0) is 37.5 Å². The molecule has 1 unspecified atom stereocenters. The number of fused-ring (bicyclic) bond motifs is 2. The van der Waals surface area contributed by atoms with Gasteiger partial charge in [-0.3, -0.25) is 25.8 Å². The smallest absolute Gasteiger partial charge is 0.263 e. The second kappa shape index (κ2) is 5.09. The minimum atomic E-state index is -1.58. The maximum Gasteiger partial charge on any atom is 0.263 e. The van der Waals surface area contributed by atoms with E-state index in [0.29, 0.717) is 0 Å². The van der Waals surface area contributed by atoms with E-state index in [9.17, 15) is 14.9 Å². The summed E-state index contributed by atoms with van der Waals surface area (Å²) < 4.78 is 0. The van der Waals surface area contributed by atoms with E-state index in [1.54, 1.807) is 0 Å². The molecule has 2 aliphatic rings. The van der Waals surface area contributed by atoms with Crippen molar-refractivity contribution in [1.29, 1.82) is 0 Å². The van der Waals surface area contributed by atoms with Crippen molar-refractivity contribution < 1.29 is 42.4 Å². The molecule has 4 N–H and O–H groups in total. The van der Waals surface area contributed by atoms with Gasteiger partial charge in [0.05, 0.1) is 0 Å². The standard InChI is InChI=1S/C4H5ClN5O3.CH3.Y/c5-3(11)4-1(10(12)13)2(6-8-4)7-9-4;;/h1,6-9H;1H3;/q2*-1;. The molecule has 2 aliphatic heterocycles. The number of hydrogen-bond acceptors (Lipinski definition) is 7. The van der Waals surface area contributed by atoms with Crippen LogP contribution in [0.3, 0.4) is 0 Å². The number of nitrogens with zero attached hydrogens (tertiary/aromatic N) is 1. The van der Waals surface area contributed by atoms with Gasteiger partial charge in [0.1, 0.15) is 0 Å². The van der Waals surface area contributed by atoms with Gasteiger partial charge in [0.2, 0.25) is 5.66 Å². The van der Waals surface area contributed by atoms with E-state index >= 15 is 0 Å². The molecule has 2 bridgehead atoms. The van der Waals surface area contributed by atoms with Crippen LogP contribution in [0, 0.1) is 23.7 Å². The molecule has 0 saturated carbocycles. The van der Waals surface area contributed by atoms with E-state index in [1.165, 1.54) is 0 Å². The zero-order valence-corrected chi connectivity index (χ0v) is 11.3. The first-order chi connectivity index (χ1) is 6.08. The summed E-state index contributed by atoms with van der Waals surface area (Å²) in [6.45, 7) is 0. The summed E-state index contributed by atoms with van der Waals surface area (Å²) in [7, 11) is 0. The third-order valence-electron chi connectivity index (χ3n) is 1.99. The van der Waals surface area contributed by atoms with E-state index in [-0.39, 0.29) is 46.3 Å². The minimum absolute atomic E-state index is 0. The predicted molar refractivity (Wildman–Crippen MR) is 46.6 cm³/mol. The first kappa shape index (κ1) is 15.3. The van der Waals surface area contributed by atoms with Crippen molar-refractivity contribution in [2.45, 2.75) is 11.7 Å². The fraction of sp³-hybridized carbons (Fsp3) is 0.400. The Morgan fingerprint density at radius 1 is 1.47 bits per heavy atom. The van der Waals surface area contributed by atoms with Crippen molar-refractivity contribution in [3.05, 3.63) is 23.7 Å². The Bertz CT molecular complexity index is 282. The molecule has 8 nitrogen and oxygen atoms in total. The largest absolute Gasteiger partial charge is 0.382 e. The molecule has 83 valence electrons. The van der Waals surface area contributed by atoms with Crippen LogP contribution in [0.25, 0.3) is 0 Å². The number of halogens is 1. The Labute approximate surface area is 116 Å². The molecule has 2 saturated heterocycles. The molecule has 0 amide bonds. The van der Waals surface area contributed by atoms with Crippen LogP contribution < -0.4 is 21.7 Å². The third-order valence-corrected chi connectivity index (χ3v) is 2.29. The number of hydrogen-bond donors (Lipinski definition) is 4. The molecule has 1 atom stereocenters. The van der Waals surface area contributed by atoms with Crippen molar-refractivity contribution in [3.63, 3.8) is 0 Å². The summed E-state index contributed by atoms with van der Waals surface area (Å²) in [6, 6.07) is -1.24. The topological polar surface area (TPSA) is 108 Å². The van der Waals surface area contributed by atoms with Crippen molar-refractivity contribution in [2.75, 3.05) is 0 Å². The van der Waals surface area contributed by atoms with Crippen LogP contribution >= 0.6 is 11.6 Å². The van der Waals surface area contributed by atoms with Crippen LogP contribution in [0.4, 0.5) is 0 Å². The van der Waals surface area contributed by atoms with Crippen LogP contribution in [0.1, 0.15) is 0 Å². The fourth-order valence-corrected chi connectivity index (χ4v) is 1.55. The van der Waals surface area contributed by atoms with Gasteiger partial charge in [-0.2, -0.15) is 0 Å². The molecule has 15 heavy (non-hydrogen) atoms. The van der Waals surface area contributed by atoms with Crippen LogP contribution in [0.2, 0.25) is 0 Å². The Kier molecular flexibility index (Phi) is 5.19. The fourth-order valence-electron chi connectivity index (χ4n) is 1.35. The summed E-state index contributed by atoms with van der Waals surface area (Å²) in [6.07, 6.45) is 0.180. The van der Waals surface area contributed by atoms with Crippen molar-refractivity contribution in [2.24, 2.45) is 0 Å². The van der Waals surface area contributed by atoms with Crippen molar-refractivity contribution >= 4 is 16.8 Å². The SMILES string of the molecule is O=C(Cl)C12NN[C-](NN1)C2[N+](=O)[O-].[CH3-].[Y]. The van der Waals surface area contributed by atoms with Gasteiger partial charge in [-0.05, 0) is 16.5 Å². The summed E-state index contributed by atoms with van der Waals surface area (Å²) in [5.41, 5.74) is 8.16. The van der Waals surface area contributed by atoms with Gasteiger partial charge in [0, 0.05) is 32.7 Å². The van der Waals surface area contributed by atoms with Crippen molar-refractivity contribution in [1.82, 2.24) is 21.7 Å². The molecule has 2 heterocycles. The van der Waals surface area contributed by atoms with E-state index in [2.05, 4.69) is 21.7 Å². The second-order valence-corrected chi connectivity index (χ2v) is 3.03. The molecular weight excluding hydrogens is 302 g/mol. The molecule has 0 aromatic rings. The van der Waals surface area contributed by atoms with E-state index in [0.717, 1.165) is 0 Å². The summed E-state index contributed by atoms with van der Waals surface area (Å²) in [5, 5.41) is 9.71. The average Bonchev–Trinajstić information content (AvgIpc) is 2.58. The molecule has 2 fully saturated rings. The van der Waals surface area contributed by atoms with Gasteiger partial charge in [-0.1, -0.05) is 6.17 Å². The first-order valence-electron chi connectivity index (χ1n) is 3.34. The van der Waals surface area contributed by atoms with Crippen molar-refractivity contribution in [3.8, 4) is 0 Å². The first-order valence-corrected chi connectivity index (χ1v) is 3.72. The molecular formula is C5H8ClN5O3Y-2. The Hall–Kier alpha value is 0.304. The number of carbonyl (C=O) groups is 1. The number of carbonyl (C=O) groups excluding carboxylic acids is 1. The van der Waals surface area contributed by atoms with Crippen LogP contribution in [0.15, 0.2) is 0 Å². The van der Waals surface area contributed by atoms with Gasteiger partial charge < -0.3 is 18.3 Å². The quantitative estimate of drug-likeness (QED) is 0.207. The van der Waals surface area contributed by atoms with E-state index < -0.39 is 21.9 Å². The number of nitro groups is 1. The normalized spacial score (nSPS) is 33.0. The minimum Gasteiger partial charge on any atom is -0.382 e. The molecule has 1 radical (unpaired) electrons. The zero-order valence-electron chi connectivity index (χ0n) is 7.70. The molecule has 0 spiro atoms. The van der Waals surface area contributed by atoms with Crippen LogP contribution in [0.5, 0.6) is 0 Å². The Morgan fingerprint density at radius 3 is 2.20 bits per heavy atom. The molecule has 10 heteroatoms. The maximum absolute atomic E-state index is 11.0. The zero-order chi connectivity index (χ0) is 9.64. The number of nitrogens with one attached hydrogen (secondary N) is 4. The summed E-state index contributed by atoms with van der Waals surface area (Å²) in [5.74, 6) is 0. The number of hydrazine groups is 2. The Morgan fingerprint density at radius 2 is 1.93 bits per heavy atom. The van der Waals surface area contributed by atoms with Crippen LogP contribution in [-0.4, -0.2) is 21.9 Å². The molecule has 0 aromatic carbocycles. The van der Waals surface area contributed by atoms with Gasteiger partial charge in [0.25, 0.3) is 5.24 Å². The summed E-state index contributed by atoms with van der Waals surface area (Å²) >= 11 is 5.24. The average molecular weight is 311 g/mol. The summed E-state index contributed by atoms with van der Waals surface area (Å²) in [4.78, 5) is 21.0. The Balaban J connectivity index is 0.000000980. The van der Waals surface area contributed by atoms with E-state index in [1.807, 2.05) is 0 Å².